The normalized spacial score (nSPS) is 38.5. The highest BCUT2D eigenvalue weighted by atomic mass is 14.4. The molecule has 6 saturated carbocycles. The van der Waals surface area contributed by atoms with E-state index in [9.17, 15) is 0 Å². The van der Waals surface area contributed by atoms with E-state index in [1.165, 1.54) is 83.5 Å². The van der Waals surface area contributed by atoms with Crippen LogP contribution in [-0.2, 0) is 0 Å². The van der Waals surface area contributed by atoms with E-state index in [2.05, 4.69) is 13.5 Å². The Morgan fingerprint density at radius 1 is 0.650 bits per heavy atom. The molecule has 0 saturated heterocycles. The van der Waals surface area contributed by atoms with E-state index in [0.717, 1.165) is 53.3 Å². The summed E-state index contributed by atoms with van der Waals surface area (Å²) in [4.78, 5) is 0. The highest BCUT2D eigenvalue weighted by molar-refractivity contribution is 5.19. The van der Waals surface area contributed by atoms with Crippen LogP contribution in [0.25, 0.3) is 0 Å². The van der Waals surface area contributed by atoms with Gasteiger partial charge in [-0.05, 0) is 156 Å². The maximum atomic E-state index is 4.32. The Morgan fingerprint density at radius 2 is 1.40 bits per heavy atom. The van der Waals surface area contributed by atoms with Crippen LogP contribution in [0.2, 0.25) is 0 Å². The first-order chi connectivity index (χ1) is 19.6. The van der Waals surface area contributed by atoms with Crippen molar-refractivity contribution in [3.05, 3.63) is 23.3 Å². The second kappa shape index (κ2) is 14.3. The quantitative estimate of drug-likeness (QED) is 0.239. The molecule has 0 heterocycles. The van der Waals surface area contributed by atoms with Crippen LogP contribution in [0, 0.1) is 53.3 Å². The molecule has 5 unspecified atom stereocenters. The zero-order valence-electron chi connectivity index (χ0n) is 26.8. The average Bonchev–Trinajstić information content (AvgIpc) is 3.78. The van der Waals surface area contributed by atoms with Crippen molar-refractivity contribution in [1.29, 1.82) is 0 Å². The molecule has 0 heteroatoms. The fraction of sp³-hybridized carbons (Fsp3) is 0.900. The number of hydrogen-bond acceptors (Lipinski definition) is 0. The molecule has 0 aromatic heterocycles. The summed E-state index contributed by atoms with van der Waals surface area (Å²) < 4.78 is 0. The van der Waals surface area contributed by atoms with Crippen molar-refractivity contribution in [2.75, 3.05) is 0 Å². The van der Waals surface area contributed by atoms with Gasteiger partial charge >= 0.3 is 0 Å². The van der Waals surface area contributed by atoms with Gasteiger partial charge in [0, 0.05) is 0 Å². The number of allylic oxidation sites excluding steroid dienone is 3. The molecule has 0 bridgehead atoms. The second-order valence-corrected chi connectivity index (χ2v) is 16.8. The molecule has 0 amide bonds. The Labute approximate surface area is 250 Å². The van der Waals surface area contributed by atoms with E-state index in [0.29, 0.717) is 0 Å². The van der Waals surface area contributed by atoms with Crippen LogP contribution in [-0.4, -0.2) is 0 Å². The number of rotatable bonds is 10. The van der Waals surface area contributed by atoms with E-state index in [4.69, 9.17) is 0 Å². The lowest BCUT2D eigenvalue weighted by Gasteiger charge is -2.35. The average molecular weight is 547 g/mol. The molecule has 0 N–H and O–H groups in total. The minimum absolute atomic E-state index is 0.976. The van der Waals surface area contributed by atoms with Gasteiger partial charge in [-0.2, -0.15) is 0 Å². The smallest absolute Gasteiger partial charge is 0.0289 e. The number of hydrogen-bond donors (Lipinski definition) is 0. The predicted molar refractivity (Wildman–Crippen MR) is 173 cm³/mol. The molecule has 6 aliphatic rings. The Bertz CT molecular complexity index is 822. The summed E-state index contributed by atoms with van der Waals surface area (Å²) in [5, 5.41) is 0. The summed E-state index contributed by atoms with van der Waals surface area (Å²) >= 11 is 0. The molecule has 6 fully saturated rings. The van der Waals surface area contributed by atoms with Crippen LogP contribution in [0.5, 0.6) is 0 Å². The Balaban J connectivity index is 0.993. The molecule has 0 spiro atoms. The maximum absolute atomic E-state index is 4.32. The van der Waals surface area contributed by atoms with E-state index in [1.54, 1.807) is 89.0 Å². The summed E-state index contributed by atoms with van der Waals surface area (Å²) in [5.74, 6) is 9.41. The molecule has 6 rings (SSSR count). The SMILES string of the molecule is C=C1CCC(C2CCC(CC(CCCC3CCC(=C4CCC(C)CC4)C3)C3CCC(CC4CCCC4)C3)CC2)C1. The fourth-order valence-corrected chi connectivity index (χ4v) is 11.3. The zero-order valence-corrected chi connectivity index (χ0v) is 26.8. The highest BCUT2D eigenvalue weighted by Gasteiger charge is 2.36. The Hall–Kier alpha value is -0.520. The van der Waals surface area contributed by atoms with Crippen molar-refractivity contribution in [3.8, 4) is 0 Å². The van der Waals surface area contributed by atoms with Crippen molar-refractivity contribution in [2.45, 2.75) is 174 Å². The van der Waals surface area contributed by atoms with Crippen LogP contribution in [0.1, 0.15) is 174 Å². The molecule has 40 heavy (non-hydrogen) atoms. The molecule has 5 atom stereocenters. The molecule has 226 valence electrons. The third-order valence-electron chi connectivity index (χ3n) is 14.0. The van der Waals surface area contributed by atoms with Gasteiger partial charge in [0.2, 0.25) is 0 Å². The van der Waals surface area contributed by atoms with Gasteiger partial charge < -0.3 is 0 Å². The summed E-state index contributed by atoms with van der Waals surface area (Å²) in [6.07, 6.45) is 39.4. The third kappa shape index (κ3) is 7.90. The van der Waals surface area contributed by atoms with Gasteiger partial charge in [0.25, 0.3) is 0 Å². The molecule has 0 aliphatic heterocycles. The third-order valence-corrected chi connectivity index (χ3v) is 14.0. The first-order valence-corrected chi connectivity index (χ1v) is 19.0. The van der Waals surface area contributed by atoms with Gasteiger partial charge in [-0.1, -0.05) is 94.4 Å². The summed E-state index contributed by atoms with van der Waals surface area (Å²) in [7, 11) is 0. The molecular weight excluding hydrogens is 480 g/mol. The molecule has 0 radical (unpaired) electrons. The minimum atomic E-state index is 0.976. The van der Waals surface area contributed by atoms with Gasteiger partial charge in [-0.3, -0.25) is 0 Å². The van der Waals surface area contributed by atoms with E-state index in [-0.39, 0.29) is 0 Å². The van der Waals surface area contributed by atoms with Crippen LogP contribution in [0.4, 0.5) is 0 Å². The Morgan fingerprint density at radius 3 is 2.15 bits per heavy atom. The Kier molecular flexibility index (Phi) is 10.6. The first-order valence-electron chi connectivity index (χ1n) is 19.0. The van der Waals surface area contributed by atoms with Gasteiger partial charge in [0.15, 0.2) is 0 Å². The van der Waals surface area contributed by atoms with Crippen LogP contribution >= 0.6 is 0 Å². The van der Waals surface area contributed by atoms with E-state index >= 15 is 0 Å². The molecule has 6 aliphatic carbocycles. The highest BCUT2D eigenvalue weighted by Crippen LogP contribution is 2.48. The summed E-state index contributed by atoms with van der Waals surface area (Å²) in [6, 6.07) is 0. The van der Waals surface area contributed by atoms with E-state index in [1.807, 2.05) is 11.1 Å². The van der Waals surface area contributed by atoms with Crippen molar-refractivity contribution < 1.29 is 0 Å². The minimum Gasteiger partial charge on any atom is -0.0999 e. The van der Waals surface area contributed by atoms with Gasteiger partial charge in [-0.25, -0.2) is 0 Å². The maximum Gasteiger partial charge on any atom is -0.0289 e. The molecule has 0 aromatic carbocycles. The lowest BCUT2D eigenvalue weighted by Crippen LogP contribution is -2.24. The lowest BCUT2D eigenvalue weighted by atomic mass is 9.70. The largest absolute Gasteiger partial charge is 0.0999 e. The van der Waals surface area contributed by atoms with Crippen molar-refractivity contribution in [2.24, 2.45) is 53.3 Å². The summed E-state index contributed by atoms with van der Waals surface area (Å²) in [5.41, 5.74) is 5.40. The lowest BCUT2D eigenvalue weighted by molar-refractivity contribution is 0.161. The van der Waals surface area contributed by atoms with Crippen LogP contribution in [0.15, 0.2) is 23.3 Å². The fourth-order valence-electron chi connectivity index (χ4n) is 11.3. The van der Waals surface area contributed by atoms with Gasteiger partial charge in [0.05, 0.1) is 0 Å². The summed E-state index contributed by atoms with van der Waals surface area (Å²) in [6.45, 7) is 6.79. The molecular formula is C40H66. The monoisotopic (exact) mass is 547 g/mol. The predicted octanol–water partition coefficient (Wildman–Crippen LogP) is 12.6. The van der Waals surface area contributed by atoms with E-state index < -0.39 is 0 Å². The van der Waals surface area contributed by atoms with Crippen LogP contribution < -0.4 is 0 Å². The van der Waals surface area contributed by atoms with Gasteiger partial charge in [0.1, 0.15) is 0 Å². The van der Waals surface area contributed by atoms with Crippen molar-refractivity contribution in [3.63, 3.8) is 0 Å². The van der Waals surface area contributed by atoms with Gasteiger partial charge in [-0.15, -0.1) is 0 Å². The van der Waals surface area contributed by atoms with Crippen molar-refractivity contribution in [1.82, 2.24) is 0 Å². The zero-order chi connectivity index (χ0) is 27.3. The van der Waals surface area contributed by atoms with Crippen molar-refractivity contribution >= 4 is 0 Å². The molecule has 0 nitrogen and oxygen atoms in total. The standard InChI is InChI=1S/C40H66/c1-29-10-17-35(18-11-29)39-22-15-32(26-39)8-5-9-37(40-23-16-34(28-40)25-31-6-3-4-7-31)27-33-13-20-36(21-14-33)38-19-12-30(2)24-38/h29,31-34,36-38,40H,2-28H2,1H3. The second-order valence-electron chi connectivity index (χ2n) is 16.8. The first kappa shape index (κ1) is 29.5. The molecule has 0 aromatic rings. The topological polar surface area (TPSA) is 0 Å². The van der Waals surface area contributed by atoms with Crippen LogP contribution in [0.3, 0.4) is 0 Å².